The van der Waals surface area contributed by atoms with Crippen molar-refractivity contribution < 1.29 is 4.79 Å². The summed E-state index contributed by atoms with van der Waals surface area (Å²) in [5.41, 5.74) is 1.07. The second-order valence-corrected chi connectivity index (χ2v) is 6.17. The first-order valence-electron chi connectivity index (χ1n) is 7.92. The number of nitrogens with one attached hydrogen (secondary N) is 2. The molecule has 1 aromatic heterocycles. The molecule has 0 radical (unpaired) electrons. The largest absolute Gasteiger partial charge is 0.363 e. The molecular weight excluding hydrogens is 250 g/mol. The lowest BCUT2D eigenvalue weighted by atomic mass is 9.75. The highest BCUT2D eigenvalue weighted by molar-refractivity contribution is 5.83. The van der Waals surface area contributed by atoms with Crippen LogP contribution in [0.4, 0.5) is 0 Å². The van der Waals surface area contributed by atoms with Crippen LogP contribution in [0.25, 0.3) is 0 Å². The number of nitrogens with zero attached hydrogens (tertiary/aromatic N) is 1. The zero-order chi connectivity index (χ0) is 14.0. The minimum atomic E-state index is -0.125. The first-order chi connectivity index (χ1) is 9.77. The summed E-state index contributed by atoms with van der Waals surface area (Å²) in [4.78, 5) is 18.6. The molecule has 110 valence electrons. The van der Waals surface area contributed by atoms with Gasteiger partial charge in [0.2, 0.25) is 5.91 Å². The topological polar surface area (TPSA) is 48.1 Å². The van der Waals surface area contributed by atoms with E-state index in [4.69, 9.17) is 0 Å². The van der Waals surface area contributed by atoms with Crippen molar-refractivity contribution in [1.29, 1.82) is 0 Å². The molecule has 0 bridgehead atoms. The van der Waals surface area contributed by atoms with Crippen molar-refractivity contribution in [3.8, 4) is 0 Å². The Labute approximate surface area is 120 Å². The normalized spacial score (nSPS) is 25.9. The van der Waals surface area contributed by atoms with Gasteiger partial charge in [-0.25, -0.2) is 0 Å². The second kappa shape index (κ2) is 5.60. The molecule has 4 nitrogen and oxygen atoms in total. The van der Waals surface area contributed by atoms with Crippen molar-refractivity contribution in [2.24, 2.45) is 5.41 Å². The van der Waals surface area contributed by atoms with Gasteiger partial charge in [0.25, 0.3) is 0 Å². The number of carbonyl (C=O) groups is 1. The van der Waals surface area contributed by atoms with Gasteiger partial charge in [-0.1, -0.05) is 6.92 Å². The number of rotatable bonds is 3. The van der Waals surface area contributed by atoms with Crippen molar-refractivity contribution in [2.75, 3.05) is 19.6 Å². The quantitative estimate of drug-likeness (QED) is 0.890. The number of piperidine rings is 1. The van der Waals surface area contributed by atoms with Crippen LogP contribution in [0.15, 0.2) is 18.3 Å². The fraction of sp³-hybridized carbons (Fsp3) is 0.688. The fourth-order valence-corrected chi connectivity index (χ4v) is 3.81. The average Bonchev–Trinajstić information content (AvgIpc) is 3.17. The number of amides is 1. The van der Waals surface area contributed by atoms with E-state index in [0.29, 0.717) is 5.91 Å². The molecule has 2 aliphatic rings. The monoisotopic (exact) mass is 275 g/mol. The van der Waals surface area contributed by atoms with Crippen LogP contribution in [0.1, 0.15) is 50.8 Å². The van der Waals surface area contributed by atoms with Crippen LogP contribution in [0.3, 0.4) is 0 Å². The molecule has 2 N–H and O–H groups in total. The van der Waals surface area contributed by atoms with Crippen LogP contribution in [0.5, 0.6) is 0 Å². The van der Waals surface area contributed by atoms with E-state index in [-0.39, 0.29) is 11.5 Å². The smallest absolute Gasteiger partial charge is 0.229 e. The minimum Gasteiger partial charge on any atom is -0.363 e. The van der Waals surface area contributed by atoms with Gasteiger partial charge in [0, 0.05) is 18.4 Å². The van der Waals surface area contributed by atoms with E-state index >= 15 is 0 Å². The molecule has 0 aliphatic carbocycles. The van der Waals surface area contributed by atoms with Gasteiger partial charge in [0.1, 0.15) is 0 Å². The number of H-pyrrole nitrogens is 1. The number of aromatic nitrogens is 1. The van der Waals surface area contributed by atoms with E-state index in [0.717, 1.165) is 51.7 Å². The maximum Gasteiger partial charge on any atom is 0.229 e. The zero-order valence-corrected chi connectivity index (χ0v) is 12.3. The van der Waals surface area contributed by atoms with Gasteiger partial charge in [-0.05, 0) is 57.3 Å². The zero-order valence-electron chi connectivity index (χ0n) is 12.3. The van der Waals surface area contributed by atoms with E-state index in [1.54, 1.807) is 0 Å². The Bertz CT molecular complexity index is 448. The maximum absolute atomic E-state index is 13.1. The van der Waals surface area contributed by atoms with Crippen molar-refractivity contribution in [3.05, 3.63) is 24.0 Å². The van der Waals surface area contributed by atoms with Crippen LogP contribution >= 0.6 is 0 Å². The molecule has 4 heteroatoms. The summed E-state index contributed by atoms with van der Waals surface area (Å²) in [7, 11) is 0. The van der Waals surface area contributed by atoms with Gasteiger partial charge in [0.05, 0.1) is 11.5 Å². The molecule has 3 rings (SSSR count). The average molecular weight is 275 g/mol. The Balaban J connectivity index is 1.81. The van der Waals surface area contributed by atoms with Gasteiger partial charge in [-0.15, -0.1) is 0 Å². The van der Waals surface area contributed by atoms with E-state index in [2.05, 4.69) is 28.2 Å². The lowest BCUT2D eigenvalue weighted by Crippen LogP contribution is -2.48. The molecule has 1 amide bonds. The third-order valence-corrected chi connectivity index (χ3v) is 5.19. The molecule has 0 spiro atoms. The van der Waals surface area contributed by atoms with Gasteiger partial charge >= 0.3 is 0 Å². The van der Waals surface area contributed by atoms with E-state index in [1.807, 2.05) is 12.3 Å². The number of aromatic amines is 1. The summed E-state index contributed by atoms with van der Waals surface area (Å²) in [6, 6.07) is 4.39. The van der Waals surface area contributed by atoms with Crippen molar-refractivity contribution in [2.45, 2.75) is 45.1 Å². The van der Waals surface area contributed by atoms with E-state index < -0.39 is 0 Å². The van der Waals surface area contributed by atoms with Crippen LogP contribution in [0.2, 0.25) is 0 Å². The highest BCUT2D eigenvalue weighted by atomic mass is 16.2. The standard InChI is InChI=1S/C16H25N3O/c1-2-16(7-10-17-11-8-16)15(20)19-12-4-6-14(19)13-5-3-9-18-13/h3,5,9,14,17-18H,2,4,6-8,10-12H2,1H3. The predicted molar refractivity (Wildman–Crippen MR) is 79.3 cm³/mol. The highest BCUT2D eigenvalue weighted by Gasteiger charge is 2.43. The number of carbonyl (C=O) groups excluding carboxylic acids is 1. The summed E-state index contributed by atoms with van der Waals surface area (Å²) >= 11 is 0. The number of likely N-dealkylation sites (tertiary alicyclic amines) is 1. The van der Waals surface area contributed by atoms with Crippen molar-refractivity contribution in [3.63, 3.8) is 0 Å². The molecule has 2 fully saturated rings. The van der Waals surface area contributed by atoms with Gasteiger partial charge in [-0.2, -0.15) is 0 Å². The SMILES string of the molecule is CCC1(C(=O)N2CCCC2c2ccc[nH]2)CCNCC1. The number of hydrogen-bond acceptors (Lipinski definition) is 2. The molecule has 2 aliphatic heterocycles. The summed E-state index contributed by atoms with van der Waals surface area (Å²) in [6.07, 6.45) is 7.09. The molecule has 0 aromatic carbocycles. The molecule has 1 aromatic rings. The summed E-state index contributed by atoms with van der Waals surface area (Å²) in [6.45, 7) is 5.03. The number of hydrogen-bond donors (Lipinski definition) is 2. The lowest BCUT2D eigenvalue weighted by Gasteiger charge is -2.40. The van der Waals surface area contributed by atoms with Crippen molar-refractivity contribution >= 4 is 5.91 Å². The second-order valence-electron chi connectivity index (χ2n) is 6.17. The van der Waals surface area contributed by atoms with Gasteiger partial charge in [-0.3, -0.25) is 4.79 Å². The summed E-state index contributed by atoms with van der Waals surface area (Å²) < 4.78 is 0. The van der Waals surface area contributed by atoms with E-state index in [1.165, 1.54) is 5.69 Å². The van der Waals surface area contributed by atoms with Gasteiger partial charge in [0.15, 0.2) is 0 Å². The predicted octanol–water partition coefficient (Wildman–Crippen LogP) is 2.46. The van der Waals surface area contributed by atoms with Gasteiger partial charge < -0.3 is 15.2 Å². The Morgan fingerprint density at radius 3 is 2.90 bits per heavy atom. The third kappa shape index (κ3) is 2.26. The lowest BCUT2D eigenvalue weighted by molar-refractivity contribution is -0.145. The molecule has 2 saturated heterocycles. The molecule has 3 heterocycles. The Kier molecular flexibility index (Phi) is 3.83. The molecule has 1 unspecified atom stereocenters. The Hall–Kier alpha value is -1.29. The Morgan fingerprint density at radius 2 is 2.25 bits per heavy atom. The van der Waals surface area contributed by atoms with E-state index in [9.17, 15) is 4.79 Å². The fourth-order valence-electron chi connectivity index (χ4n) is 3.81. The maximum atomic E-state index is 13.1. The molecule has 0 saturated carbocycles. The first kappa shape index (κ1) is 13.7. The van der Waals surface area contributed by atoms with Crippen LogP contribution in [-0.4, -0.2) is 35.4 Å². The molecule has 1 atom stereocenters. The summed E-state index contributed by atoms with van der Waals surface area (Å²) in [5.74, 6) is 0.388. The van der Waals surface area contributed by atoms with Crippen LogP contribution < -0.4 is 5.32 Å². The first-order valence-corrected chi connectivity index (χ1v) is 7.92. The Morgan fingerprint density at radius 1 is 1.45 bits per heavy atom. The third-order valence-electron chi connectivity index (χ3n) is 5.19. The van der Waals surface area contributed by atoms with Crippen LogP contribution in [0, 0.1) is 5.41 Å². The molecule has 20 heavy (non-hydrogen) atoms. The van der Waals surface area contributed by atoms with Crippen LogP contribution in [-0.2, 0) is 4.79 Å². The molecular formula is C16H25N3O. The van der Waals surface area contributed by atoms with Crippen molar-refractivity contribution in [1.82, 2.24) is 15.2 Å². The minimum absolute atomic E-state index is 0.125. The summed E-state index contributed by atoms with van der Waals surface area (Å²) in [5, 5.41) is 3.38. The highest BCUT2D eigenvalue weighted by Crippen LogP contribution is 2.40.